The van der Waals surface area contributed by atoms with Crippen LogP contribution in [-0.2, 0) is 16.6 Å². The van der Waals surface area contributed by atoms with E-state index in [1.165, 1.54) is 29.6 Å². The number of hydrogen-bond donors (Lipinski definition) is 1. The standard InChI is InChI=1S/C15H21FN2O2S/c1-11(2)10-18(3)21(19,20)14-6-7-15(16)12(8-14)9-17-13-4-5-13/h6-8,13,17H,1,4-5,9-10H2,2-3H3. The molecule has 6 heteroatoms. The summed E-state index contributed by atoms with van der Waals surface area (Å²) in [5.74, 6) is -0.385. The lowest BCUT2D eigenvalue weighted by molar-refractivity contribution is 0.492. The summed E-state index contributed by atoms with van der Waals surface area (Å²) < 4.78 is 39.8. The van der Waals surface area contributed by atoms with E-state index in [0.29, 0.717) is 18.2 Å². The molecule has 0 saturated heterocycles. The minimum atomic E-state index is -3.62. The van der Waals surface area contributed by atoms with E-state index < -0.39 is 10.0 Å². The normalized spacial score (nSPS) is 15.4. The summed E-state index contributed by atoms with van der Waals surface area (Å²) in [6.45, 7) is 6.08. The monoisotopic (exact) mass is 312 g/mol. The molecule has 0 aliphatic heterocycles. The molecule has 0 atom stereocenters. The van der Waals surface area contributed by atoms with Gasteiger partial charge in [0.2, 0.25) is 10.0 Å². The van der Waals surface area contributed by atoms with E-state index in [9.17, 15) is 12.8 Å². The van der Waals surface area contributed by atoms with Gasteiger partial charge in [-0.2, -0.15) is 4.31 Å². The van der Waals surface area contributed by atoms with Gasteiger partial charge >= 0.3 is 0 Å². The molecule has 2 rings (SSSR count). The van der Waals surface area contributed by atoms with Gasteiger partial charge in [-0.3, -0.25) is 0 Å². The highest BCUT2D eigenvalue weighted by molar-refractivity contribution is 7.89. The average molecular weight is 312 g/mol. The van der Waals surface area contributed by atoms with Gasteiger partial charge in [-0.15, -0.1) is 0 Å². The number of halogens is 1. The number of nitrogens with one attached hydrogen (secondary N) is 1. The van der Waals surface area contributed by atoms with Gasteiger partial charge in [0, 0.05) is 31.7 Å². The Kier molecular flexibility index (Phi) is 4.81. The van der Waals surface area contributed by atoms with E-state index in [2.05, 4.69) is 11.9 Å². The lowest BCUT2D eigenvalue weighted by Crippen LogP contribution is -2.28. The van der Waals surface area contributed by atoms with Crippen LogP contribution in [0.25, 0.3) is 0 Å². The molecule has 0 aromatic heterocycles. The Balaban J connectivity index is 2.21. The molecule has 1 aliphatic carbocycles. The van der Waals surface area contributed by atoms with E-state index in [1.807, 2.05) is 0 Å². The number of rotatable bonds is 7. The summed E-state index contributed by atoms with van der Waals surface area (Å²) in [7, 11) is -2.12. The minimum absolute atomic E-state index is 0.111. The third-order valence-electron chi connectivity index (χ3n) is 3.38. The first-order chi connectivity index (χ1) is 9.80. The predicted molar refractivity (Wildman–Crippen MR) is 80.9 cm³/mol. The smallest absolute Gasteiger partial charge is 0.243 e. The van der Waals surface area contributed by atoms with Crippen molar-refractivity contribution in [2.75, 3.05) is 13.6 Å². The van der Waals surface area contributed by atoms with Gasteiger partial charge < -0.3 is 5.32 Å². The first kappa shape index (κ1) is 16.1. The number of hydrogen-bond acceptors (Lipinski definition) is 3. The molecular formula is C15H21FN2O2S. The number of nitrogens with zero attached hydrogens (tertiary/aromatic N) is 1. The van der Waals surface area contributed by atoms with Crippen LogP contribution >= 0.6 is 0 Å². The molecular weight excluding hydrogens is 291 g/mol. The Labute approximate surface area is 125 Å². The molecule has 116 valence electrons. The van der Waals surface area contributed by atoms with Crippen LogP contribution in [-0.4, -0.2) is 32.4 Å². The zero-order valence-corrected chi connectivity index (χ0v) is 13.2. The summed E-state index contributed by atoms with van der Waals surface area (Å²) in [6, 6.07) is 4.37. The van der Waals surface area contributed by atoms with Crippen molar-refractivity contribution >= 4 is 10.0 Å². The van der Waals surface area contributed by atoms with Crippen LogP contribution in [0, 0.1) is 5.82 Å². The summed E-state index contributed by atoms with van der Waals surface area (Å²) >= 11 is 0. The van der Waals surface area contributed by atoms with E-state index in [0.717, 1.165) is 18.4 Å². The molecule has 0 bridgehead atoms. The molecule has 0 spiro atoms. The second kappa shape index (κ2) is 6.25. The Hall–Kier alpha value is -1.24. The fraction of sp³-hybridized carbons (Fsp3) is 0.467. The summed E-state index contributed by atoms with van der Waals surface area (Å²) in [6.07, 6.45) is 2.20. The Morgan fingerprint density at radius 3 is 2.71 bits per heavy atom. The summed E-state index contributed by atoms with van der Waals surface area (Å²) in [5.41, 5.74) is 1.13. The molecule has 0 heterocycles. The lowest BCUT2D eigenvalue weighted by Gasteiger charge is -2.18. The fourth-order valence-corrected chi connectivity index (χ4v) is 3.32. The van der Waals surface area contributed by atoms with E-state index >= 15 is 0 Å². The molecule has 1 fully saturated rings. The van der Waals surface area contributed by atoms with Crippen LogP contribution in [0.5, 0.6) is 0 Å². The molecule has 0 radical (unpaired) electrons. The maximum atomic E-state index is 13.8. The SMILES string of the molecule is C=C(C)CN(C)S(=O)(=O)c1ccc(F)c(CNC2CC2)c1. The van der Waals surface area contributed by atoms with Crippen molar-refractivity contribution < 1.29 is 12.8 Å². The Bertz CT molecular complexity index is 639. The molecule has 1 aromatic carbocycles. The number of benzene rings is 1. The van der Waals surface area contributed by atoms with Crippen molar-refractivity contribution in [1.29, 1.82) is 0 Å². The fourth-order valence-electron chi connectivity index (χ4n) is 2.03. The van der Waals surface area contributed by atoms with Gasteiger partial charge in [0.25, 0.3) is 0 Å². The number of sulfonamides is 1. The van der Waals surface area contributed by atoms with E-state index in [-0.39, 0.29) is 17.3 Å². The maximum Gasteiger partial charge on any atom is 0.243 e. The average Bonchev–Trinajstić information content (AvgIpc) is 3.20. The van der Waals surface area contributed by atoms with Gasteiger partial charge in [0.1, 0.15) is 5.82 Å². The Morgan fingerprint density at radius 1 is 1.48 bits per heavy atom. The predicted octanol–water partition coefficient (Wildman–Crippen LogP) is 2.27. The van der Waals surface area contributed by atoms with Gasteiger partial charge in [0.15, 0.2) is 0 Å². The summed E-state index contributed by atoms with van der Waals surface area (Å²) in [4.78, 5) is 0.111. The molecule has 0 amide bonds. The van der Waals surface area contributed by atoms with Crippen molar-refractivity contribution in [3.05, 3.63) is 41.7 Å². The third-order valence-corrected chi connectivity index (χ3v) is 5.18. The molecule has 1 aromatic rings. The minimum Gasteiger partial charge on any atom is -0.310 e. The van der Waals surface area contributed by atoms with Crippen LogP contribution in [0.2, 0.25) is 0 Å². The number of likely N-dealkylation sites (N-methyl/N-ethyl adjacent to an activating group) is 1. The maximum absolute atomic E-state index is 13.8. The summed E-state index contributed by atoms with van der Waals surface area (Å²) in [5, 5.41) is 3.19. The van der Waals surface area contributed by atoms with Gasteiger partial charge in [0.05, 0.1) is 4.90 Å². The molecule has 1 saturated carbocycles. The van der Waals surface area contributed by atoms with Crippen LogP contribution in [0.4, 0.5) is 4.39 Å². The van der Waals surface area contributed by atoms with Crippen LogP contribution in [0.15, 0.2) is 35.2 Å². The van der Waals surface area contributed by atoms with Crippen molar-refractivity contribution in [2.45, 2.75) is 37.2 Å². The van der Waals surface area contributed by atoms with Crippen LogP contribution in [0.3, 0.4) is 0 Å². The second-order valence-electron chi connectivity index (χ2n) is 5.63. The van der Waals surface area contributed by atoms with E-state index in [4.69, 9.17) is 0 Å². The second-order valence-corrected chi connectivity index (χ2v) is 7.67. The molecule has 1 N–H and O–H groups in total. The highest BCUT2D eigenvalue weighted by atomic mass is 32.2. The topological polar surface area (TPSA) is 49.4 Å². The first-order valence-corrected chi connectivity index (χ1v) is 8.37. The van der Waals surface area contributed by atoms with Crippen molar-refractivity contribution in [3.8, 4) is 0 Å². The van der Waals surface area contributed by atoms with Crippen LogP contribution in [0.1, 0.15) is 25.3 Å². The third kappa shape index (κ3) is 4.12. The van der Waals surface area contributed by atoms with Crippen molar-refractivity contribution in [1.82, 2.24) is 9.62 Å². The molecule has 21 heavy (non-hydrogen) atoms. The molecule has 1 aliphatic rings. The zero-order chi connectivity index (χ0) is 15.6. The Morgan fingerprint density at radius 2 is 2.14 bits per heavy atom. The van der Waals surface area contributed by atoms with Gasteiger partial charge in [-0.05, 0) is 38.0 Å². The van der Waals surface area contributed by atoms with Crippen LogP contribution < -0.4 is 5.32 Å². The van der Waals surface area contributed by atoms with E-state index in [1.54, 1.807) is 6.92 Å². The lowest BCUT2D eigenvalue weighted by atomic mass is 10.2. The van der Waals surface area contributed by atoms with Gasteiger partial charge in [-0.1, -0.05) is 12.2 Å². The molecule has 0 unspecified atom stereocenters. The van der Waals surface area contributed by atoms with Crippen molar-refractivity contribution in [3.63, 3.8) is 0 Å². The zero-order valence-electron chi connectivity index (χ0n) is 12.4. The van der Waals surface area contributed by atoms with Gasteiger partial charge in [-0.25, -0.2) is 12.8 Å². The highest BCUT2D eigenvalue weighted by Gasteiger charge is 2.23. The largest absolute Gasteiger partial charge is 0.310 e. The quantitative estimate of drug-likeness (QED) is 0.786. The van der Waals surface area contributed by atoms with Crippen molar-refractivity contribution in [2.24, 2.45) is 0 Å². The highest BCUT2D eigenvalue weighted by Crippen LogP contribution is 2.22. The molecule has 4 nitrogen and oxygen atoms in total. The first-order valence-electron chi connectivity index (χ1n) is 6.93.